The number of benzene rings is 1. The minimum atomic E-state index is -0.284. The van der Waals surface area contributed by atoms with Crippen molar-refractivity contribution in [2.24, 2.45) is 0 Å². The molecule has 7 nitrogen and oxygen atoms in total. The van der Waals surface area contributed by atoms with Crippen molar-refractivity contribution in [3.63, 3.8) is 0 Å². The van der Waals surface area contributed by atoms with Crippen molar-refractivity contribution >= 4 is 23.2 Å². The average molecular weight is 374 g/mol. The van der Waals surface area contributed by atoms with Crippen LogP contribution in [0.4, 0.5) is 5.69 Å². The number of rotatable bonds is 6. The number of carbonyl (C=O) groups excluding carboxylic acids is 1. The smallest absolute Gasteiger partial charge is 0.276 e. The Labute approximate surface area is 156 Å². The molecule has 0 unspecified atom stereocenters. The highest BCUT2D eigenvalue weighted by Crippen LogP contribution is 2.22. The van der Waals surface area contributed by atoms with Gasteiger partial charge in [-0.05, 0) is 37.6 Å². The second-order valence-corrected chi connectivity index (χ2v) is 6.38. The molecule has 0 atom stereocenters. The first-order chi connectivity index (χ1) is 12.5. The van der Waals surface area contributed by atoms with Crippen LogP contribution in [0.2, 0.25) is 5.02 Å². The van der Waals surface area contributed by atoms with Gasteiger partial charge in [-0.15, -0.1) is 0 Å². The SMILES string of the molecule is COCn1ccc(C(=O)Nc2c(C)nn(Cc3cccc(Cl)c3)c2C)n1. The lowest BCUT2D eigenvalue weighted by Crippen LogP contribution is -2.15. The number of aromatic nitrogens is 4. The largest absolute Gasteiger partial charge is 0.362 e. The Morgan fingerprint density at radius 1 is 1.27 bits per heavy atom. The first-order valence-electron chi connectivity index (χ1n) is 8.10. The highest BCUT2D eigenvalue weighted by Gasteiger charge is 2.17. The lowest BCUT2D eigenvalue weighted by atomic mass is 10.2. The number of ether oxygens (including phenoxy) is 1. The lowest BCUT2D eigenvalue weighted by molar-refractivity contribution is 0.101. The predicted molar refractivity (Wildman–Crippen MR) is 99.4 cm³/mol. The molecule has 0 fully saturated rings. The molecule has 0 aliphatic rings. The van der Waals surface area contributed by atoms with E-state index in [0.717, 1.165) is 17.0 Å². The summed E-state index contributed by atoms with van der Waals surface area (Å²) in [5.74, 6) is -0.284. The second-order valence-electron chi connectivity index (χ2n) is 5.95. The van der Waals surface area contributed by atoms with E-state index < -0.39 is 0 Å². The lowest BCUT2D eigenvalue weighted by Gasteiger charge is -2.07. The maximum absolute atomic E-state index is 12.5. The Morgan fingerprint density at radius 2 is 2.08 bits per heavy atom. The van der Waals surface area contributed by atoms with Gasteiger partial charge in [0, 0.05) is 18.3 Å². The van der Waals surface area contributed by atoms with E-state index >= 15 is 0 Å². The van der Waals surface area contributed by atoms with Gasteiger partial charge in [0.05, 0.1) is 23.6 Å². The van der Waals surface area contributed by atoms with Gasteiger partial charge in [0.2, 0.25) is 0 Å². The summed E-state index contributed by atoms with van der Waals surface area (Å²) in [5, 5.41) is 12.3. The van der Waals surface area contributed by atoms with Gasteiger partial charge in [-0.1, -0.05) is 23.7 Å². The maximum Gasteiger partial charge on any atom is 0.276 e. The number of amides is 1. The topological polar surface area (TPSA) is 74.0 Å². The van der Waals surface area contributed by atoms with Crippen molar-refractivity contribution in [1.82, 2.24) is 19.6 Å². The number of aryl methyl sites for hydroxylation is 1. The average Bonchev–Trinajstić information content (AvgIpc) is 3.16. The van der Waals surface area contributed by atoms with Crippen LogP contribution in [-0.2, 0) is 18.0 Å². The number of carbonyl (C=O) groups is 1. The standard InChI is InChI=1S/C18H20ClN5O2/c1-12-17(20-18(25)16-7-8-23(22-16)11-26-3)13(2)24(21-12)10-14-5-4-6-15(19)9-14/h4-9H,10-11H2,1-3H3,(H,20,25). The van der Waals surface area contributed by atoms with Crippen LogP contribution < -0.4 is 5.32 Å². The molecule has 3 aromatic rings. The van der Waals surface area contributed by atoms with Crippen LogP contribution in [-0.4, -0.2) is 32.6 Å². The third-order valence-electron chi connectivity index (χ3n) is 3.98. The molecule has 0 bridgehead atoms. The Balaban J connectivity index is 1.77. The first-order valence-corrected chi connectivity index (χ1v) is 8.48. The third-order valence-corrected chi connectivity index (χ3v) is 4.21. The van der Waals surface area contributed by atoms with E-state index in [4.69, 9.17) is 16.3 Å². The molecule has 0 spiro atoms. The van der Waals surface area contributed by atoms with E-state index in [0.29, 0.717) is 29.7 Å². The van der Waals surface area contributed by atoms with Crippen molar-refractivity contribution in [3.05, 3.63) is 64.2 Å². The van der Waals surface area contributed by atoms with Gasteiger partial charge in [0.25, 0.3) is 5.91 Å². The summed E-state index contributed by atoms with van der Waals surface area (Å²) in [6.07, 6.45) is 1.70. The molecule has 1 N–H and O–H groups in total. The summed E-state index contributed by atoms with van der Waals surface area (Å²) in [4.78, 5) is 12.5. The summed E-state index contributed by atoms with van der Waals surface area (Å²) in [5.41, 5.74) is 3.67. The molecule has 0 saturated heterocycles. The maximum atomic E-state index is 12.5. The number of hydrogen-bond acceptors (Lipinski definition) is 4. The van der Waals surface area contributed by atoms with E-state index in [1.807, 2.05) is 42.8 Å². The zero-order chi connectivity index (χ0) is 18.7. The highest BCUT2D eigenvalue weighted by atomic mass is 35.5. The van der Waals surface area contributed by atoms with Gasteiger partial charge in [-0.3, -0.25) is 9.48 Å². The van der Waals surface area contributed by atoms with Crippen molar-refractivity contribution in [2.45, 2.75) is 27.1 Å². The Hall–Kier alpha value is -2.64. The quantitative estimate of drug-likeness (QED) is 0.719. The van der Waals surface area contributed by atoms with Crippen molar-refractivity contribution in [2.75, 3.05) is 12.4 Å². The van der Waals surface area contributed by atoms with Crippen LogP contribution in [0.5, 0.6) is 0 Å². The van der Waals surface area contributed by atoms with Crippen LogP contribution in [0.15, 0.2) is 36.5 Å². The molecule has 2 heterocycles. The fourth-order valence-electron chi connectivity index (χ4n) is 2.70. The molecule has 0 radical (unpaired) electrons. The summed E-state index contributed by atoms with van der Waals surface area (Å²) >= 11 is 6.04. The fourth-order valence-corrected chi connectivity index (χ4v) is 2.92. The van der Waals surface area contributed by atoms with Crippen molar-refractivity contribution in [1.29, 1.82) is 0 Å². The van der Waals surface area contributed by atoms with E-state index in [1.54, 1.807) is 24.1 Å². The molecular weight excluding hydrogens is 354 g/mol. The monoisotopic (exact) mass is 373 g/mol. The summed E-state index contributed by atoms with van der Waals surface area (Å²) in [7, 11) is 1.57. The number of halogens is 1. The molecule has 26 heavy (non-hydrogen) atoms. The van der Waals surface area contributed by atoms with Crippen LogP contribution in [0.3, 0.4) is 0 Å². The van der Waals surface area contributed by atoms with Gasteiger partial charge in [0.15, 0.2) is 5.69 Å². The summed E-state index contributed by atoms with van der Waals surface area (Å²) in [6, 6.07) is 9.28. The Morgan fingerprint density at radius 3 is 2.81 bits per heavy atom. The normalized spacial score (nSPS) is 10.9. The summed E-state index contributed by atoms with van der Waals surface area (Å²) in [6.45, 7) is 4.65. The van der Waals surface area contributed by atoms with E-state index in [9.17, 15) is 4.79 Å². The molecule has 1 amide bonds. The molecule has 136 valence electrons. The number of methoxy groups -OCH3 is 1. The Bertz CT molecular complexity index is 932. The van der Waals surface area contributed by atoms with Crippen molar-refractivity contribution < 1.29 is 9.53 Å². The minimum Gasteiger partial charge on any atom is -0.362 e. The highest BCUT2D eigenvalue weighted by molar-refractivity contribution is 6.30. The molecule has 0 saturated carbocycles. The molecule has 3 rings (SSSR count). The third kappa shape index (κ3) is 3.95. The first kappa shape index (κ1) is 18.2. The fraction of sp³-hybridized carbons (Fsp3) is 0.278. The van der Waals surface area contributed by atoms with Gasteiger partial charge < -0.3 is 10.1 Å². The molecule has 2 aromatic heterocycles. The zero-order valence-electron chi connectivity index (χ0n) is 14.9. The van der Waals surface area contributed by atoms with Gasteiger partial charge in [0.1, 0.15) is 6.73 Å². The number of hydrogen-bond donors (Lipinski definition) is 1. The van der Waals surface area contributed by atoms with Crippen molar-refractivity contribution in [3.8, 4) is 0 Å². The van der Waals surface area contributed by atoms with Crippen LogP contribution in [0.25, 0.3) is 0 Å². The molecule has 0 aliphatic heterocycles. The van der Waals surface area contributed by atoms with Crippen LogP contribution in [0.1, 0.15) is 27.4 Å². The van der Waals surface area contributed by atoms with E-state index in [2.05, 4.69) is 15.5 Å². The minimum absolute atomic E-state index is 0.284. The predicted octanol–water partition coefficient (Wildman–Crippen LogP) is 3.25. The van der Waals surface area contributed by atoms with Gasteiger partial charge >= 0.3 is 0 Å². The van der Waals surface area contributed by atoms with E-state index in [1.165, 1.54) is 0 Å². The number of nitrogens with zero attached hydrogens (tertiary/aromatic N) is 4. The zero-order valence-corrected chi connectivity index (χ0v) is 15.6. The Kier molecular flexibility index (Phi) is 5.39. The molecule has 8 heteroatoms. The number of anilines is 1. The second kappa shape index (κ2) is 7.72. The van der Waals surface area contributed by atoms with Gasteiger partial charge in [-0.2, -0.15) is 10.2 Å². The summed E-state index contributed by atoms with van der Waals surface area (Å²) < 4.78 is 8.39. The molecule has 0 aliphatic carbocycles. The molecule has 1 aromatic carbocycles. The molecular formula is C18H20ClN5O2. The van der Waals surface area contributed by atoms with E-state index in [-0.39, 0.29) is 5.91 Å². The van der Waals surface area contributed by atoms with Crippen LogP contribution >= 0.6 is 11.6 Å². The number of nitrogens with one attached hydrogen (secondary N) is 1. The van der Waals surface area contributed by atoms with Gasteiger partial charge in [-0.25, -0.2) is 4.68 Å². The van der Waals surface area contributed by atoms with Crippen LogP contribution in [0, 0.1) is 13.8 Å².